The lowest BCUT2D eigenvalue weighted by atomic mass is 10.0. The number of hydrogen-bond donors (Lipinski definition) is 1. The zero-order valence-corrected chi connectivity index (χ0v) is 16.3. The van der Waals surface area contributed by atoms with Crippen LogP contribution in [0.4, 0.5) is 5.69 Å². The number of imide groups is 1. The largest absolute Gasteiger partial charge is 0.480 e. The highest BCUT2D eigenvalue weighted by atomic mass is 16.4. The highest BCUT2D eigenvalue weighted by molar-refractivity contribution is 6.22. The van der Waals surface area contributed by atoms with Crippen LogP contribution in [0.5, 0.6) is 0 Å². The summed E-state index contributed by atoms with van der Waals surface area (Å²) >= 11 is 0. The molecule has 1 aromatic heterocycles. The van der Waals surface area contributed by atoms with E-state index >= 15 is 0 Å². The molecule has 1 unspecified atom stereocenters. The minimum atomic E-state index is -0.905. The van der Waals surface area contributed by atoms with Crippen LogP contribution in [0.15, 0.2) is 54.6 Å². The topological polar surface area (TPSA) is 82.8 Å². The minimum absolute atomic E-state index is 0.128. The Kier molecular flexibility index (Phi) is 4.40. The Morgan fingerprint density at radius 1 is 1.03 bits per heavy atom. The Balaban J connectivity index is 1.48. The van der Waals surface area contributed by atoms with Crippen LogP contribution in [0.2, 0.25) is 0 Å². The van der Waals surface area contributed by atoms with Crippen molar-refractivity contribution in [1.29, 1.82) is 0 Å². The minimum Gasteiger partial charge on any atom is -0.480 e. The summed E-state index contributed by atoms with van der Waals surface area (Å²) in [6.45, 7) is 0.974. The van der Waals surface area contributed by atoms with Crippen LogP contribution in [-0.4, -0.2) is 44.9 Å². The number of carboxylic acid groups (broad SMARTS) is 1. The fraction of sp³-hybridized carbons (Fsp3) is 0.261. The van der Waals surface area contributed by atoms with Crippen LogP contribution in [-0.2, 0) is 33.9 Å². The summed E-state index contributed by atoms with van der Waals surface area (Å²) in [5.74, 6) is -1.32. The van der Waals surface area contributed by atoms with E-state index in [1.165, 1.54) is 4.90 Å². The van der Waals surface area contributed by atoms with Gasteiger partial charge in [-0.05, 0) is 30.2 Å². The number of para-hydroxylation sites is 2. The third-order valence-electron chi connectivity index (χ3n) is 6.07. The van der Waals surface area contributed by atoms with Gasteiger partial charge < -0.3 is 9.67 Å². The molecule has 2 aromatic carbocycles. The maximum absolute atomic E-state index is 13.1. The molecule has 3 aromatic rings. The molecule has 7 heteroatoms. The quantitative estimate of drug-likeness (QED) is 0.677. The van der Waals surface area contributed by atoms with Gasteiger partial charge in [0.2, 0.25) is 5.91 Å². The molecule has 2 amide bonds. The van der Waals surface area contributed by atoms with Crippen molar-refractivity contribution >= 4 is 34.4 Å². The van der Waals surface area contributed by atoms with Crippen molar-refractivity contribution in [2.75, 3.05) is 11.4 Å². The molecular weight excluding hydrogens is 382 g/mol. The van der Waals surface area contributed by atoms with E-state index in [2.05, 4.69) is 0 Å². The number of amides is 2. The summed E-state index contributed by atoms with van der Waals surface area (Å²) in [5, 5.41) is 10.5. The third-order valence-corrected chi connectivity index (χ3v) is 6.07. The fourth-order valence-corrected chi connectivity index (χ4v) is 4.75. The van der Waals surface area contributed by atoms with Gasteiger partial charge in [-0.15, -0.1) is 0 Å². The van der Waals surface area contributed by atoms with Crippen LogP contribution >= 0.6 is 0 Å². The van der Waals surface area contributed by atoms with E-state index in [1.54, 1.807) is 24.3 Å². The van der Waals surface area contributed by atoms with Crippen molar-refractivity contribution in [1.82, 2.24) is 9.47 Å². The normalized spacial score (nSPS) is 19.5. The molecule has 2 aliphatic rings. The second-order valence-electron chi connectivity index (χ2n) is 7.77. The van der Waals surface area contributed by atoms with Gasteiger partial charge in [0.25, 0.3) is 5.91 Å². The summed E-state index contributed by atoms with van der Waals surface area (Å²) in [4.78, 5) is 40.5. The number of anilines is 1. The van der Waals surface area contributed by atoms with Crippen molar-refractivity contribution in [2.45, 2.75) is 32.0 Å². The number of rotatable bonds is 4. The van der Waals surface area contributed by atoms with Crippen molar-refractivity contribution in [3.63, 3.8) is 0 Å². The van der Waals surface area contributed by atoms with Crippen molar-refractivity contribution in [3.05, 3.63) is 65.9 Å². The van der Waals surface area contributed by atoms with Crippen LogP contribution in [0.25, 0.3) is 10.9 Å². The molecular formula is C23H21N3O4. The lowest BCUT2D eigenvalue weighted by Crippen LogP contribution is -2.44. The Labute approximate surface area is 173 Å². The van der Waals surface area contributed by atoms with E-state index < -0.39 is 12.0 Å². The van der Waals surface area contributed by atoms with E-state index in [-0.39, 0.29) is 24.8 Å². The predicted octanol–water partition coefficient (Wildman–Crippen LogP) is 2.42. The van der Waals surface area contributed by atoms with E-state index in [0.29, 0.717) is 25.2 Å². The lowest BCUT2D eigenvalue weighted by Gasteiger charge is -2.31. The van der Waals surface area contributed by atoms with Crippen molar-refractivity contribution < 1.29 is 19.5 Å². The SMILES string of the molecule is O=C(O)Cn1c2c(c3ccccc31)CCN(C1CC(=O)N(c3ccccc3)C1=O)C2. The van der Waals surface area contributed by atoms with Gasteiger partial charge in [-0.1, -0.05) is 36.4 Å². The summed E-state index contributed by atoms with van der Waals surface area (Å²) in [7, 11) is 0. The van der Waals surface area contributed by atoms with E-state index in [0.717, 1.165) is 22.2 Å². The molecule has 152 valence electrons. The maximum Gasteiger partial charge on any atom is 0.323 e. The Morgan fingerprint density at radius 3 is 2.53 bits per heavy atom. The number of nitrogens with zero attached hydrogens (tertiary/aromatic N) is 3. The number of fused-ring (bicyclic) bond motifs is 3. The van der Waals surface area contributed by atoms with Crippen LogP contribution in [0, 0.1) is 0 Å². The molecule has 0 radical (unpaired) electrons. The lowest BCUT2D eigenvalue weighted by molar-refractivity contribution is -0.137. The molecule has 1 N–H and O–H groups in total. The standard InChI is InChI=1S/C23H21N3O4/c27-21-12-19(23(30)26(21)15-6-2-1-3-7-15)24-11-10-17-16-8-4-5-9-18(16)25(14-22(28)29)20(17)13-24/h1-9,19H,10-14H2,(H,28,29). The van der Waals surface area contributed by atoms with Crippen LogP contribution in [0.3, 0.4) is 0 Å². The molecule has 3 heterocycles. The van der Waals surface area contributed by atoms with Gasteiger partial charge in [-0.2, -0.15) is 0 Å². The number of aromatic nitrogens is 1. The number of carboxylic acids is 1. The van der Waals surface area contributed by atoms with Crippen LogP contribution in [0.1, 0.15) is 17.7 Å². The van der Waals surface area contributed by atoms with Crippen molar-refractivity contribution in [3.8, 4) is 0 Å². The molecule has 1 saturated heterocycles. The van der Waals surface area contributed by atoms with Gasteiger partial charge in [0.1, 0.15) is 6.54 Å². The number of carbonyl (C=O) groups excluding carboxylic acids is 2. The molecule has 7 nitrogen and oxygen atoms in total. The Bertz CT molecular complexity index is 1170. The fourth-order valence-electron chi connectivity index (χ4n) is 4.75. The predicted molar refractivity (Wildman–Crippen MR) is 111 cm³/mol. The highest BCUT2D eigenvalue weighted by Crippen LogP contribution is 2.34. The van der Waals surface area contributed by atoms with E-state index in [1.807, 2.05) is 39.8 Å². The summed E-state index contributed by atoms with van der Waals surface area (Å²) in [6.07, 6.45) is 0.855. The molecule has 1 fully saturated rings. The first-order valence-electron chi connectivity index (χ1n) is 10.0. The molecule has 0 saturated carbocycles. The maximum atomic E-state index is 13.1. The highest BCUT2D eigenvalue weighted by Gasteiger charge is 2.43. The molecule has 1 atom stereocenters. The molecule has 0 bridgehead atoms. The molecule has 2 aliphatic heterocycles. The second kappa shape index (κ2) is 7.11. The Morgan fingerprint density at radius 2 is 1.77 bits per heavy atom. The zero-order chi connectivity index (χ0) is 20.8. The van der Waals surface area contributed by atoms with Gasteiger partial charge in [-0.3, -0.25) is 19.3 Å². The molecule has 0 aliphatic carbocycles. The third kappa shape index (κ3) is 2.90. The molecule has 30 heavy (non-hydrogen) atoms. The van der Waals surface area contributed by atoms with Gasteiger partial charge in [0.15, 0.2) is 0 Å². The first kappa shape index (κ1) is 18.6. The number of aliphatic carboxylic acids is 1. The first-order chi connectivity index (χ1) is 14.5. The number of hydrogen-bond acceptors (Lipinski definition) is 4. The van der Waals surface area contributed by atoms with Gasteiger partial charge in [-0.25, -0.2) is 4.90 Å². The molecule has 0 spiro atoms. The van der Waals surface area contributed by atoms with E-state index in [9.17, 15) is 19.5 Å². The monoisotopic (exact) mass is 403 g/mol. The molecule has 5 rings (SSSR count). The summed E-state index contributed by atoms with van der Waals surface area (Å²) in [6, 6.07) is 16.3. The number of benzene rings is 2. The summed E-state index contributed by atoms with van der Waals surface area (Å²) in [5.41, 5.74) is 3.54. The smallest absolute Gasteiger partial charge is 0.323 e. The zero-order valence-electron chi connectivity index (χ0n) is 16.3. The van der Waals surface area contributed by atoms with E-state index in [4.69, 9.17) is 0 Å². The van der Waals surface area contributed by atoms with Gasteiger partial charge >= 0.3 is 5.97 Å². The Hall–Kier alpha value is -3.45. The van der Waals surface area contributed by atoms with Crippen molar-refractivity contribution in [2.24, 2.45) is 0 Å². The van der Waals surface area contributed by atoms with Gasteiger partial charge in [0.05, 0.1) is 18.2 Å². The average molecular weight is 403 g/mol. The average Bonchev–Trinajstić information content (AvgIpc) is 3.22. The van der Waals surface area contributed by atoms with Gasteiger partial charge in [0, 0.05) is 29.7 Å². The second-order valence-corrected chi connectivity index (χ2v) is 7.77. The number of carbonyl (C=O) groups is 3. The summed E-state index contributed by atoms with van der Waals surface area (Å²) < 4.78 is 1.83. The van der Waals surface area contributed by atoms with Crippen LogP contribution < -0.4 is 4.90 Å². The first-order valence-corrected chi connectivity index (χ1v) is 10.0.